The van der Waals surface area contributed by atoms with Gasteiger partial charge < -0.3 is 18.3 Å². The zero-order chi connectivity index (χ0) is 81.7. The summed E-state index contributed by atoms with van der Waals surface area (Å²) < 4.78 is 9.66. The maximum Gasteiger partial charge on any atom is 0.160 e. The number of fused-ring (bicyclic) bond motifs is 12. The lowest BCUT2D eigenvalue weighted by Crippen LogP contribution is -1.96. The van der Waals surface area contributed by atoms with Gasteiger partial charge in [-0.15, -0.1) is 0 Å². The molecule has 6 aromatic heterocycles. The fraction of sp³-hybridized carbons (Fsp3) is 0. The Morgan fingerprint density at radius 1 is 0.137 bits per heavy atom. The maximum atomic E-state index is 5.49. The van der Waals surface area contributed by atoms with Gasteiger partial charge >= 0.3 is 0 Å². The molecule has 6 heterocycles. The summed E-state index contributed by atoms with van der Waals surface area (Å²) in [6.07, 6.45) is 0. The molecule has 24 aromatic rings. The van der Waals surface area contributed by atoms with Crippen molar-refractivity contribution in [2.24, 2.45) is 0 Å². The van der Waals surface area contributed by atoms with Gasteiger partial charge in [-0.25, -0.2) is 19.9 Å². The van der Waals surface area contributed by atoms with Crippen LogP contribution in [0.5, 0.6) is 0 Å². The van der Waals surface area contributed by atoms with Gasteiger partial charge in [0.15, 0.2) is 11.6 Å². The first-order chi connectivity index (χ1) is 61.5. The van der Waals surface area contributed by atoms with Gasteiger partial charge in [0.05, 0.1) is 66.9 Å². The Kier molecular flexibility index (Phi) is 17.1. The van der Waals surface area contributed by atoms with Gasteiger partial charge in [-0.1, -0.05) is 315 Å². The Labute approximate surface area is 715 Å². The second kappa shape index (κ2) is 29.7. The smallest absolute Gasteiger partial charge is 0.160 e. The number of hydrogen-bond donors (Lipinski definition) is 0. The largest absolute Gasteiger partial charge is 0.309 e. The fourth-order valence-electron chi connectivity index (χ4n) is 19.0. The molecule has 18 aromatic carbocycles. The molecule has 0 atom stereocenters. The van der Waals surface area contributed by atoms with Crippen LogP contribution >= 0.6 is 0 Å². The van der Waals surface area contributed by atoms with E-state index in [1.165, 1.54) is 48.7 Å². The molecule has 8 nitrogen and oxygen atoms in total. The second-order valence-corrected chi connectivity index (χ2v) is 32.0. The van der Waals surface area contributed by atoms with Crippen molar-refractivity contribution in [3.05, 3.63) is 449 Å². The molecule has 0 spiro atoms. The topological polar surface area (TPSA) is 71.3 Å². The lowest BCUT2D eigenvalue weighted by atomic mass is 9.96. The van der Waals surface area contributed by atoms with Crippen LogP contribution in [0, 0.1) is 0 Å². The number of hydrogen-bond acceptors (Lipinski definition) is 4. The zero-order valence-corrected chi connectivity index (χ0v) is 67.3. The molecule has 0 bridgehead atoms. The summed E-state index contributed by atoms with van der Waals surface area (Å²) in [6.45, 7) is 0. The molecule has 0 aliphatic rings. The van der Waals surface area contributed by atoms with Crippen LogP contribution in [0.25, 0.3) is 233 Å². The van der Waals surface area contributed by atoms with Crippen molar-refractivity contribution in [3.63, 3.8) is 0 Å². The summed E-state index contributed by atoms with van der Waals surface area (Å²) in [6, 6.07) is 162. The molecule has 0 fully saturated rings. The standard InChI is InChI=1S/C116H74N8/c1-8-28-76(29-9-1)101-73-102(77-30-10-2-11-31-77)118-115(117-101)88-37-25-35-86(67-88)94-48-27-51-109-114(94)100-69-81(60-65-107(100)121(109)89-38-14-4-15-39-89)80-59-64-106-99(68-80)97-62-56-82(70-111(97)123(106)91-42-18-6-19-43-91)75-52-54-79(55-53-75)104-74-103(78-32-12-3-13-33-78)119-116(120-104)87-36-24-34-85(66-87)93-47-26-50-108-113(93)98-63-58-84(72-112(98)124(108)92-44-20-7-21-45-92)83-57-61-96-95-46-22-23-49-105(95)122(110(96)71-83)90-40-16-5-17-41-90/h1-74H. The molecule has 578 valence electrons. The number of rotatable bonds is 15. The minimum absolute atomic E-state index is 0.649. The Bertz CT molecular complexity index is 8240. The molecule has 0 unspecified atom stereocenters. The van der Waals surface area contributed by atoms with Crippen molar-refractivity contribution in [2.45, 2.75) is 0 Å². The van der Waals surface area contributed by atoms with E-state index in [1.807, 2.05) is 12.1 Å². The van der Waals surface area contributed by atoms with Crippen LogP contribution < -0.4 is 0 Å². The van der Waals surface area contributed by atoms with E-state index in [1.54, 1.807) is 0 Å². The quantitative estimate of drug-likeness (QED) is 0.103. The maximum absolute atomic E-state index is 5.49. The van der Waals surface area contributed by atoms with Crippen molar-refractivity contribution in [1.29, 1.82) is 0 Å². The van der Waals surface area contributed by atoms with Gasteiger partial charge in [-0.2, -0.15) is 0 Å². The highest BCUT2D eigenvalue weighted by molar-refractivity contribution is 6.19. The molecule has 0 saturated carbocycles. The van der Waals surface area contributed by atoms with E-state index in [0.29, 0.717) is 11.6 Å². The van der Waals surface area contributed by atoms with E-state index in [0.717, 1.165) is 173 Å². The third-order valence-electron chi connectivity index (χ3n) is 24.8. The van der Waals surface area contributed by atoms with Crippen LogP contribution in [-0.4, -0.2) is 38.2 Å². The number of aromatic nitrogens is 8. The van der Waals surface area contributed by atoms with Gasteiger partial charge in [-0.3, -0.25) is 0 Å². The Morgan fingerprint density at radius 3 is 0.871 bits per heavy atom. The van der Waals surface area contributed by atoms with E-state index >= 15 is 0 Å². The van der Waals surface area contributed by atoms with Crippen molar-refractivity contribution >= 4 is 87.2 Å². The van der Waals surface area contributed by atoms with Crippen molar-refractivity contribution in [3.8, 4) is 146 Å². The average molecular weight is 1580 g/mol. The van der Waals surface area contributed by atoms with E-state index in [2.05, 4.69) is 455 Å². The molecule has 0 N–H and O–H groups in total. The summed E-state index contributed by atoms with van der Waals surface area (Å²) >= 11 is 0. The van der Waals surface area contributed by atoms with Crippen LogP contribution in [0.1, 0.15) is 0 Å². The third-order valence-corrected chi connectivity index (χ3v) is 24.8. The van der Waals surface area contributed by atoms with Gasteiger partial charge in [0.1, 0.15) is 0 Å². The summed E-state index contributed by atoms with van der Waals surface area (Å²) in [5, 5.41) is 9.50. The Morgan fingerprint density at radius 2 is 0.411 bits per heavy atom. The van der Waals surface area contributed by atoms with E-state index in [-0.39, 0.29) is 0 Å². The number of nitrogens with zero attached hydrogens (tertiary/aromatic N) is 8. The van der Waals surface area contributed by atoms with Crippen LogP contribution in [0.4, 0.5) is 0 Å². The van der Waals surface area contributed by atoms with Crippen molar-refractivity contribution in [1.82, 2.24) is 38.2 Å². The molecule has 0 saturated heterocycles. The first kappa shape index (κ1) is 71.4. The molecule has 124 heavy (non-hydrogen) atoms. The first-order valence-corrected chi connectivity index (χ1v) is 42.2. The lowest BCUT2D eigenvalue weighted by Gasteiger charge is -2.12. The lowest BCUT2D eigenvalue weighted by molar-refractivity contribution is 1.18. The normalized spacial score (nSPS) is 11.7. The molecule has 0 aliphatic heterocycles. The van der Waals surface area contributed by atoms with Gasteiger partial charge in [-0.05, 0) is 189 Å². The van der Waals surface area contributed by atoms with E-state index in [9.17, 15) is 0 Å². The van der Waals surface area contributed by atoms with E-state index in [4.69, 9.17) is 19.9 Å². The van der Waals surface area contributed by atoms with Crippen LogP contribution in [-0.2, 0) is 0 Å². The van der Waals surface area contributed by atoms with Gasteiger partial charge in [0.25, 0.3) is 0 Å². The average Bonchev–Trinajstić information content (AvgIpc) is 1.57. The predicted octanol–water partition coefficient (Wildman–Crippen LogP) is 30.0. The fourth-order valence-corrected chi connectivity index (χ4v) is 19.0. The number of para-hydroxylation sites is 5. The molecular formula is C116H74N8. The summed E-state index contributed by atoms with van der Waals surface area (Å²) in [5.41, 5.74) is 34.1. The van der Waals surface area contributed by atoms with E-state index < -0.39 is 0 Å². The predicted molar refractivity (Wildman–Crippen MR) is 515 cm³/mol. The monoisotopic (exact) mass is 1580 g/mol. The molecular weight excluding hydrogens is 1510 g/mol. The van der Waals surface area contributed by atoms with Crippen LogP contribution in [0.3, 0.4) is 0 Å². The third kappa shape index (κ3) is 12.3. The van der Waals surface area contributed by atoms with Crippen LogP contribution in [0.15, 0.2) is 449 Å². The highest BCUT2D eigenvalue weighted by Crippen LogP contribution is 2.47. The molecule has 24 rings (SSSR count). The van der Waals surface area contributed by atoms with Crippen molar-refractivity contribution < 1.29 is 0 Å². The summed E-state index contributed by atoms with van der Waals surface area (Å²) in [7, 11) is 0. The van der Waals surface area contributed by atoms with Crippen LogP contribution in [0.2, 0.25) is 0 Å². The highest BCUT2D eigenvalue weighted by Gasteiger charge is 2.25. The van der Waals surface area contributed by atoms with Gasteiger partial charge in [0.2, 0.25) is 0 Å². The Hall–Kier alpha value is -16.7. The SMILES string of the molecule is c1ccc(-c2cc(-c3ccccc3)nc(-c3cccc(-c4cccc5c4c4cc(-c6ccc7c(c6)c6ccc(-c8ccc(-c9cc(-c%10ccccc%10)nc(-c%10cccc(-c%11cccc%12c%11c%11ccc(-c%13ccc%14c%15ccccc%15n(-c%15ccccc%15)c%14c%13)cc%11n%12-c%11ccccc%11)c%10)n9)cc8)cc6n7-c6ccccc6)ccc4n5-c4ccccc4)c3)n2)cc1. The van der Waals surface area contributed by atoms with Crippen molar-refractivity contribution in [2.75, 3.05) is 0 Å². The summed E-state index contributed by atoms with van der Waals surface area (Å²) in [5.74, 6) is 1.32. The number of benzene rings is 18. The first-order valence-electron chi connectivity index (χ1n) is 42.2. The minimum Gasteiger partial charge on any atom is -0.309 e. The zero-order valence-electron chi connectivity index (χ0n) is 67.3. The summed E-state index contributed by atoms with van der Waals surface area (Å²) in [4.78, 5) is 21.4. The second-order valence-electron chi connectivity index (χ2n) is 32.0. The minimum atomic E-state index is 0.649. The molecule has 0 radical (unpaired) electrons. The highest BCUT2D eigenvalue weighted by atomic mass is 15.0. The van der Waals surface area contributed by atoms with Gasteiger partial charge in [0, 0.05) is 99.2 Å². The molecule has 0 amide bonds. The Balaban J connectivity index is 0.580. The molecule has 8 heteroatoms. The molecule has 0 aliphatic carbocycles.